The number of carbonyl (C=O) groups is 1. The number of hydrogen-bond donors (Lipinski definition) is 0. The molecule has 2 aliphatic heterocycles. The molecule has 4 heteroatoms. The summed E-state index contributed by atoms with van der Waals surface area (Å²) in [5, 5.41) is 0. The zero-order chi connectivity index (χ0) is 17.5. The van der Waals surface area contributed by atoms with Crippen LogP contribution in [0.1, 0.15) is 31.7 Å². The molecule has 1 aromatic rings. The standard InChI is InChI=1S/C21H33N3O/c1-19-6-5-11-24(18-19)21(25)10-13-23-16-14-22(15-17-23)12-9-20-7-3-2-4-8-20/h2-4,7-8,19H,5-6,9-18H2,1H3/t19-/m0/s1. The summed E-state index contributed by atoms with van der Waals surface area (Å²) in [5.41, 5.74) is 1.42. The van der Waals surface area contributed by atoms with Crippen LogP contribution in [0.3, 0.4) is 0 Å². The second-order valence-electron chi connectivity index (χ2n) is 7.76. The normalized spacial score (nSPS) is 22.9. The lowest BCUT2D eigenvalue weighted by molar-refractivity contribution is -0.133. The van der Waals surface area contributed by atoms with Gasteiger partial charge in [-0.1, -0.05) is 37.3 Å². The van der Waals surface area contributed by atoms with Crippen molar-refractivity contribution in [2.75, 3.05) is 52.4 Å². The molecule has 3 rings (SSSR count). The Morgan fingerprint density at radius 2 is 1.68 bits per heavy atom. The lowest BCUT2D eigenvalue weighted by atomic mass is 10.00. The van der Waals surface area contributed by atoms with Gasteiger partial charge in [0, 0.05) is 58.8 Å². The van der Waals surface area contributed by atoms with Gasteiger partial charge in [0.25, 0.3) is 0 Å². The molecule has 0 N–H and O–H groups in total. The molecule has 4 nitrogen and oxygen atoms in total. The number of nitrogens with zero attached hydrogens (tertiary/aromatic N) is 3. The van der Waals surface area contributed by atoms with Gasteiger partial charge in [0.15, 0.2) is 0 Å². The number of hydrogen-bond acceptors (Lipinski definition) is 3. The van der Waals surface area contributed by atoms with Gasteiger partial charge in [0.1, 0.15) is 0 Å². The molecular formula is C21H33N3O. The Hall–Kier alpha value is -1.39. The van der Waals surface area contributed by atoms with Crippen LogP contribution in [0.4, 0.5) is 0 Å². The largest absolute Gasteiger partial charge is 0.342 e. The van der Waals surface area contributed by atoms with Crippen molar-refractivity contribution in [1.82, 2.24) is 14.7 Å². The highest BCUT2D eigenvalue weighted by Crippen LogP contribution is 2.16. The molecule has 1 amide bonds. The van der Waals surface area contributed by atoms with E-state index in [1.807, 2.05) is 0 Å². The van der Waals surface area contributed by atoms with E-state index in [1.54, 1.807) is 0 Å². The highest BCUT2D eigenvalue weighted by Gasteiger charge is 2.22. The first-order valence-corrected chi connectivity index (χ1v) is 9.97. The summed E-state index contributed by atoms with van der Waals surface area (Å²) in [6, 6.07) is 10.7. The molecule has 1 atom stereocenters. The van der Waals surface area contributed by atoms with Crippen LogP contribution >= 0.6 is 0 Å². The summed E-state index contributed by atoms with van der Waals surface area (Å²) in [6.45, 7) is 10.7. The number of piperidine rings is 1. The predicted octanol–water partition coefficient (Wildman–Crippen LogP) is 2.50. The van der Waals surface area contributed by atoms with Crippen LogP contribution in [-0.4, -0.2) is 73.0 Å². The van der Waals surface area contributed by atoms with Crippen LogP contribution in [0.5, 0.6) is 0 Å². The smallest absolute Gasteiger partial charge is 0.223 e. The zero-order valence-corrected chi connectivity index (χ0v) is 15.7. The van der Waals surface area contributed by atoms with E-state index in [4.69, 9.17) is 0 Å². The van der Waals surface area contributed by atoms with Gasteiger partial charge in [-0.15, -0.1) is 0 Å². The van der Waals surface area contributed by atoms with Crippen LogP contribution in [0.2, 0.25) is 0 Å². The average Bonchev–Trinajstić information content (AvgIpc) is 2.66. The van der Waals surface area contributed by atoms with E-state index in [1.165, 1.54) is 18.4 Å². The molecule has 0 bridgehead atoms. The van der Waals surface area contributed by atoms with Crippen LogP contribution < -0.4 is 0 Å². The van der Waals surface area contributed by atoms with Crippen molar-refractivity contribution in [3.63, 3.8) is 0 Å². The Balaban J connectivity index is 1.32. The number of rotatable bonds is 6. The lowest BCUT2D eigenvalue weighted by Crippen LogP contribution is -2.48. The third kappa shape index (κ3) is 5.82. The first-order chi connectivity index (χ1) is 12.2. The monoisotopic (exact) mass is 343 g/mol. The van der Waals surface area contributed by atoms with Gasteiger partial charge in [-0.3, -0.25) is 4.79 Å². The van der Waals surface area contributed by atoms with Gasteiger partial charge in [0.2, 0.25) is 5.91 Å². The third-order valence-corrected chi connectivity index (χ3v) is 5.68. The molecule has 2 heterocycles. The third-order valence-electron chi connectivity index (χ3n) is 5.68. The summed E-state index contributed by atoms with van der Waals surface area (Å²) in [7, 11) is 0. The summed E-state index contributed by atoms with van der Waals surface area (Å²) >= 11 is 0. The van der Waals surface area contributed by atoms with Crippen LogP contribution in [0.25, 0.3) is 0 Å². The fraction of sp³-hybridized carbons (Fsp3) is 0.667. The number of carbonyl (C=O) groups excluding carboxylic acids is 1. The zero-order valence-electron chi connectivity index (χ0n) is 15.7. The van der Waals surface area contributed by atoms with E-state index < -0.39 is 0 Å². The minimum Gasteiger partial charge on any atom is -0.342 e. The SMILES string of the molecule is C[C@H]1CCCN(C(=O)CCN2CCN(CCc3ccccc3)CC2)C1. The first kappa shape index (κ1) is 18.4. The van der Waals surface area contributed by atoms with E-state index in [0.717, 1.165) is 58.8 Å². The number of benzene rings is 1. The Kier molecular flexibility index (Phi) is 6.88. The van der Waals surface area contributed by atoms with Crippen molar-refractivity contribution >= 4 is 5.91 Å². The molecule has 0 radical (unpaired) electrons. The van der Waals surface area contributed by atoms with Gasteiger partial charge in [-0.05, 0) is 30.7 Å². The second kappa shape index (κ2) is 9.35. The fourth-order valence-electron chi connectivity index (χ4n) is 4.00. The molecule has 2 aliphatic rings. The number of piperazine rings is 1. The van der Waals surface area contributed by atoms with Crippen molar-refractivity contribution in [3.8, 4) is 0 Å². The molecule has 2 fully saturated rings. The Morgan fingerprint density at radius 1 is 1.00 bits per heavy atom. The highest BCUT2D eigenvalue weighted by atomic mass is 16.2. The first-order valence-electron chi connectivity index (χ1n) is 9.97. The van der Waals surface area contributed by atoms with Crippen molar-refractivity contribution < 1.29 is 4.79 Å². The maximum atomic E-state index is 12.4. The highest BCUT2D eigenvalue weighted by molar-refractivity contribution is 5.76. The quantitative estimate of drug-likeness (QED) is 0.794. The van der Waals surface area contributed by atoms with Gasteiger partial charge in [-0.2, -0.15) is 0 Å². The molecule has 0 aliphatic carbocycles. The van der Waals surface area contributed by atoms with Crippen LogP contribution in [-0.2, 0) is 11.2 Å². The van der Waals surface area contributed by atoms with Crippen molar-refractivity contribution in [2.45, 2.75) is 32.6 Å². The molecule has 2 saturated heterocycles. The molecule has 138 valence electrons. The average molecular weight is 344 g/mol. The Labute approximate surface area is 152 Å². The summed E-state index contributed by atoms with van der Waals surface area (Å²) in [4.78, 5) is 19.5. The predicted molar refractivity (Wildman–Crippen MR) is 103 cm³/mol. The summed E-state index contributed by atoms with van der Waals surface area (Å²) in [6.07, 6.45) is 4.27. The van der Waals surface area contributed by atoms with Crippen LogP contribution in [0.15, 0.2) is 30.3 Å². The maximum Gasteiger partial charge on any atom is 0.223 e. The van der Waals surface area contributed by atoms with E-state index >= 15 is 0 Å². The van der Waals surface area contributed by atoms with E-state index in [2.05, 4.69) is 52.0 Å². The van der Waals surface area contributed by atoms with Gasteiger partial charge in [-0.25, -0.2) is 0 Å². The van der Waals surface area contributed by atoms with Gasteiger partial charge in [0.05, 0.1) is 0 Å². The van der Waals surface area contributed by atoms with Crippen molar-refractivity contribution in [3.05, 3.63) is 35.9 Å². The minimum atomic E-state index is 0.359. The van der Waals surface area contributed by atoms with E-state index in [-0.39, 0.29) is 0 Å². The Bertz CT molecular complexity index is 525. The molecule has 1 aromatic carbocycles. The molecule has 0 spiro atoms. The summed E-state index contributed by atoms with van der Waals surface area (Å²) < 4.78 is 0. The topological polar surface area (TPSA) is 26.8 Å². The molecule has 25 heavy (non-hydrogen) atoms. The van der Waals surface area contributed by atoms with Gasteiger partial charge >= 0.3 is 0 Å². The Morgan fingerprint density at radius 3 is 2.36 bits per heavy atom. The van der Waals surface area contributed by atoms with E-state index in [9.17, 15) is 4.79 Å². The van der Waals surface area contributed by atoms with Crippen molar-refractivity contribution in [1.29, 1.82) is 0 Å². The van der Waals surface area contributed by atoms with Gasteiger partial charge < -0.3 is 14.7 Å². The molecule has 0 aromatic heterocycles. The molecule has 0 unspecified atom stereocenters. The molecule has 0 saturated carbocycles. The summed E-state index contributed by atoms with van der Waals surface area (Å²) in [5.74, 6) is 1.03. The fourth-order valence-corrected chi connectivity index (χ4v) is 4.00. The van der Waals surface area contributed by atoms with Crippen LogP contribution in [0, 0.1) is 5.92 Å². The molecular weight excluding hydrogens is 310 g/mol. The number of amides is 1. The van der Waals surface area contributed by atoms with E-state index in [0.29, 0.717) is 18.2 Å². The second-order valence-corrected chi connectivity index (χ2v) is 7.76. The minimum absolute atomic E-state index is 0.359. The lowest BCUT2D eigenvalue weighted by Gasteiger charge is -2.35. The maximum absolute atomic E-state index is 12.4. The van der Waals surface area contributed by atoms with Crippen molar-refractivity contribution in [2.24, 2.45) is 5.92 Å². The number of likely N-dealkylation sites (tertiary alicyclic amines) is 1.